The summed E-state index contributed by atoms with van der Waals surface area (Å²) in [5, 5.41) is 22.0. The highest BCUT2D eigenvalue weighted by Crippen LogP contribution is 2.33. The second-order valence-corrected chi connectivity index (χ2v) is 8.22. The number of thioether (sulfide) groups is 1. The number of aliphatic hydroxyl groups excluding tert-OH is 2. The van der Waals surface area contributed by atoms with E-state index in [1.54, 1.807) is 18.9 Å². The number of amides is 1. The Hall–Kier alpha value is -2.02. The van der Waals surface area contributed by atoms with Crippen molar-refractivity contribution in [2.45, 2.75) is 72.2 Å². The molecule has 0 bridgehead atoms. The molecule has 0 saturated heterocycles. The zero-order valence-corrected chi connectivity index (χ0v) is 22.7. The maximum absolute atomic E-state index is 11.6. The lowest BCUT2D eigenvalue weighted by Gasteiger charge is -2.16. The van der Waals surface area contributed by atoms with Gasteiger partial charge in [-0.15, -0.1) is 11.8 Å². The van der Waals surface area contributed by atoms with Crippen LogP contribution < -0.4 is 10.1 Å². The van der Waals surface area contributed by atoms with Crippen LogP contribution in [0.2, 0.25) is 0 Å². The molecular formula is C28H45NO4S. The van der Waals surface area contributed by atoms with E-state index < -0.39 is 6.10 Å². The second kappa shape index (κ2) is 20.4. The van der Waals surface area contributed by atoms with Crippen molar-refractivity contribution in [3.8, 4) is 16.9 Å². The van der Waals surface area contributed by atoms with Crippen LogP contribution in [0, 0.1) is 0 Å². The Kier molecular flexibility index (Phi) is 19.2. The van der Waals surface area contributed by atoms with Crippen LogP contribution in [-0.2, 0) is 10.5 Å². The van der Waals surface area contributed by atoms with Gasteiger partial charge in [0.15, 0.2) is 0 Å². The topological polar surface area (TPSA) is 78.8 Å². The number of benzene rings is 2. The van der Waals surface area contributed by atoms with E-state index in [0.29, 0.717) is 12.3 Å². The molecule has 1 unspecified atom stereocenters. The fourth-order valence-corrected chi connectivity index (χ4v) is 4.04. The van der Waals surface area contributed by atoms with E-state index in [0.717, 1.165) is 59.4 Å². The van der Waals surface area contributed by atoms with E-state index in [1.165, 1.54) is 0 Å². The van der Waals surface area contributed by atoms with E-state index in [2.05, 4.69) is 36.5 Å². The van der Waals surface area contributed by atoms with Crippen LogP contribution in [0.25, 0.3) is 11.1 Å². The van der Waals surface area contributed by atoms with Crippen molar-refractivity contribution in [3.05, 3.63) is 53.6 Å². The summed E-state index contributed by atoms with van der Waals surface area (Å²) in [5.41, 5.74) is 4.10. The summed E-state index contributed by atoms with van der Waals surface area (Å²) in [6.45, 7) is 10.4. The third-order valence-corrected chi connectivity index (χ3v) is 5.90. The molecule has 2 aromatic carbocycles. The Morgan fingerprint density at radius 2 is 1.68 bits per heavy atom. The van der Waals surface area contributed by atoms with Gasteiger partial charge in [0.2, 0.25) is 5.91 Å². The van der Waals surface area contributed by atoms with Crippen LogP contribution in [-0.4, -0.2) is 42.1 Å². The molecule has 1 amide bonds. The number of rotatable bonds is 13. The Labute approximate surface area is 211 Å². The molecule has 0 spiro atoms. The normalized spacial score (nSPS) is 10.8. The summed E-state index contributed by atoms with van der Waals surface area (Å²) in [6, 6.07) is 14.2. The molecule has 0 saturated carbocycles. The third-order valence-electron chi connectivity index (χ3n) is 4.89. The monoisotopic (exact) mass is 491 g/mol. The number of ether oxygens (including phenoxy) is 1. The first-order valence-electron chi connectivity index (χ1n) is 12.5. The largest absolute Gasteiger partial charge is 0.496 e. The van der Waals surface area contributed by atoms with Gasteiger partial charge in [0.1, 0.15) is 5.75 Å². The lowest BCUT2D eigenvalue weighted by Crippen LogP contribution is -2.27. The molecule has 1 atom stereocenters. The highest BCUT2D eigenvalue weighted by Gasteiger charge is 2.14. The number of methoxy groups -OCH3 is 1. The summed E-state index contributed by atoms with van der Waals surface area (Å²) in [4.78, 5) is 11.6. The van der Waals surface area contributed by atoms with Crippen molar-refractivity contribution in [3.63, 3.8) is 0 Å². The first kappa shape index (κ1) is 32.0. The number of hydrogen-bond donors (Lipinski definition) is 3. The van der Waals surface area contributed by atoms with E-state index in [-0.39, 0.29) is 12.5 Å². The van der Waals surface area contributed by atoms with Gasteiger partial charge in [-0.1, -0.05) is 84.2 Å². The standard InChI is InChI=1S/C24H33NO4S.2C2H6/c1-3-4-5-6-22(27)21-15-20(11-12-23(21)29-2)19-9-7-18(8-10-19)16-30-17-24(28)25-13-14-26;2*1-2/h7-12,15,22,26-27H,3-6,13-14,16-17H2,1-2H3,(H,25,28);2*1-2H3. The Morgan fingerprint density at radius 3 is 2.26 bits per heavy atom. The predicted molar refractivity (Wildman–Crippen MR) is 146 cm³/mol. The lowest BCUT2D eigenvalue weighted by molar-refractivity contribution is -0.118. The van der Waals surface area contributed by atoms with E-state index in [1.807, 2.05) is 45.9 Å². The molecule has 2 aromatic rings. The number of carbonyl (C=O) groups excluding carboxylic acids is 1. The van der Waals surface area contributed by atoms with Gasteiger partial charge in [-0.2, -0.15) is 0 Å². The first-order chi connectivity index (χ1) is 16.6. The minimum atomic E-state index is -0.529. The Bertz CT molecular complexity index is 780. The van der Waals surface area contributed by atoms with Gasteiger partial charge in [0.25, 0.3) is 0 Å². The SMILES string of the molecule is CC.CC.CCCCCC(O)c1cc(-c2ccc(CSCC(=O)NCCO)cc2)ccc1OC. The molecule has 34 heavy (non-hydrogen) atoms. The molecule has 0 radical (unpaired) electrons. The quantitative estimate of drug-likeness (QED) is 0.284. The molecule has 5 nitrogen and oxygen atoms in total. The average Bonchev–Trinajstić information content (AvgIpc) is 2.90. The van der Waals surface area contributed by atoms with Crippen LogP contribution in [0.1, 0.15) is 77.5 Å². The molecule has 2 rings (SSSR count). The number of aliphatic hydroxyl groups is 2. The van der Waals surface area contributed by atoms with Crippen LogP contribution in [0.15, 0.2) is 42.5 Å². The molecule has 3 N–H and O–H groups in total. The highest BCUT2D eigenvalue weighted by molar-refractivity contribution is 7.99. The minimum Gasteiger partial charge on any atom is -0.496 e. The van der Waals surface area contributed by atoms with Crippen LogP contribution in [0.3, 0.4) is 0 Å². The smallest absolute Gasteiger partial charge is 0.230 e. The molecular weight excluding hydrogens is 446 g/mol. The molecule has 192 valence electrons. The van der Waals surface area contributed by atoms with Gasteiger partial charge in [-0.05, 0) is 35.2 Å². The third kappa shape index (κ3) is 11.9. The van der Waals surface area contributed by atoms with Crippen LogP contribution >= 0.6 is 11.8 Å². The summed E-state index contributed by atoms with van der Waals surface area (Å²) in [5.74, 6) is 1.78. The van der Waals surface area contributed by atoms with E-state index in [9.17, 15) is 9.90 Å². The van der Waals surface area contributed by atoms with E-state index in [4.69, 9.17) is 9.84 Å². The van der Waals surface area contributed by atoms with Gasteiger partial charge >= 0.3 is 0 Å². The summed E-state index contributed by atoms with van der Waals surface area (Å²) in [7, 11) is 1.63. The molecule has 0 aliphatic rings. The number of carbonyl (C=O) groups is 1. The van der Waals surface area contributed by atoms with Crippen LogP contribution in [0.5, 0.6) is 5.75 Å². The second-order valence-electron chi connectivity index (χ2n) is 7.23. The maximum Gasteiger partial charge on any atom is 0.230 e. The number of unbranched alkanes of at least 4 members (excludes halogenated alkanes) is 2. The minimum absolute atomic E-state index is 0.0410. The number of hydrogen-bond acceptors (Lipinski definition) is 5. The van der Waals surface area contributed by atoms with Gasteiger partial charge in [-0.3, -0.25) is 4.79 Å². The van der Waals surface area contributed by atoms with Crippen molar-refractivity contribution in [2.24, 2.45) is 0 Å². The molecule has 0 aliphatic carbocycles. The van der Waals surface area contributed by atoms with Crippen molar-refractivity contribution in [1.29, 1.82) is 0 Å². The number of nitrogens with one attached hydrogen (secondary N) is 1. The Balaban J connectivity index is 0.00000258. The van der Waals surface area contributed by atoms with Gasteiger partial charge in [0, 0.05) is 17.9 Å². The fourth-order valence-electron chi connectivity index (χ4n) is 3.22. The van der Waals surface area contributed by atoms with Gasteiger partial charge in [-0.25, -0.2) is 0 Å². The van der Waals surface area contributed by atoms with Crippen molar-refractivity contribution < 1.29 is 19.7 Å². The molecule has 0 aliphatic heterocycles. The summed E-state index contributed by atoms with van der Waals surface area (Å²) >= 11 is 1.54. The molecule has 0 fully saturated rings. The predicted octanol–water partition coefficient (Wildman–Crippen LogP) is 6.37. The van der Waals surface area contributed by atoms with Gasteiger partial charge in [0.05, 0.1) is 25.6 Å². The zero-order chi connectivity index (χ0) is 25.8. The van der Waals surface area contributed by atoms with Crippen molar-refractivity contribution >= 4 is 17.7 Å². The van der Waals surface area contributed by atoms with E-state index >= 15 is 0 Å². The lowest BCUT2D eigenvalue weighted by atomic mass is 9.96. The highest BCUT2D eigenvalue weighted by atomic mass is 32.2. The summed E-state index contributed by atoms with van der Waals surface area (Å²) in [6.07, 6.45) is 3.44. The van der Waals surface area contributed by atoms with Crippen molar-refractivity contribution in [1.82, 2.24) is 5.32 Å². The molecule has 0 heterocycles. The van der Waals surface area contributed by atoms with Gasteiger partial charge < -0.3 is 20.3 Å². The Morgan fingerprint density at radius 1 is 1.03 bits per heavy atom. The zero-order valence-electron chi connectivity index (χ0n) is 21.9. The maximum atomic E-state index is 11.6. The average molecular weight is 492 g/mol. The van der Waals surface area contributed by atoms with Crippen molar-refractivity contribution in [2.75, 3.05) is 26.0 Å². The van der Waals surface area contributed by atoms with Crippen LogP contribution in [0.4, 0.5) is 0 Å². The molecule has 0 aromatic heterocycles. The summed E-state index contributed by atoms with van der Waals surface area (Å²) < 4.78 is 5.46. The first-order valence-corrected chi connectivity index (χ1v) is 13.6. The molecule has 6 heteroatoms. The fraction of sp³-hybridized carbons (Fsp3) is 0.536.